The van der Waals surface area contributed by atoms with E-state index in [1.165, 1.54) is 12.8 Å². The highest BCUT2D eigenvalue weighted by Gasteiger charge is 2.10. The van der Waals surface area contributed by atoms with Crippen LogP contribution in [0.1, 0.15) is 51.4 Å². The van der Waals surface area contributed by atoms with Gasteiger partial charge in [-0.3, -0.25) is 0 Å². The van der Waals surface area contributed by atoms with Crippen LogP contribution in [-0.2, 0) is 0 Å². The summed E-state index contributed by atoms with van der Waals surface area (Å²) in [5, 5.41) is 0. The Balaban J connectivity index is 2.80. The topological polar surface area (TPSA) is 43.8 Å². The monoisotopic (exact) mass is 181 g/mol. The van der Waals surface area contributed by atoms with Crippen LogP contribution < -0.4 is 5.73 Å². The summed E-state index contributed by atoms with van der Waals surface area (Å²) in [7, 11) is 0. The number of imidazole rings is 1. The van der Waals surface area contributed by atoms with Gasteiger partial charge in [0.2, 0.25) is 0 Å². The second-order valence-corrected chi connectivity index (χ2v) is 3.65. The molecule has 0 aromatic carbocycles. The van der Waals surface area contributed by atoms with E-state index in [0.717, 1.165) is 5.69 Å². The molecule has 1 unspecified atom stereocenters. The summed E-state index contributed by atoms with van der Waals surface area (Å²) in [6, 6.07) is 0.579. The minimum absolute atomic E-state index is 0.0711. The lowest BCUT2D eigenvalue weighted by Gasteiger charge is -2.17. The van der Waals surface area contributed by atoms with Gasteiger partial charge in [0.1, 0.15) is 0 Å². The molecule has 13 heavy (non-hydrogen) atoms. The molecule has 0 saturated heterocycles. The molecule has 0 aliphatic carbocycles. The molecule has 2 atom stereocenters. The van der Waals surface area contributed by atoms with E-state index < -0.39 is 0 Å². The molecule has 3 heteroatoms. The van der Waals surface area contributed by atoms with Crippen LogP contribution in [0.3, 0.4) is 0 Å². The zero-order chi connectivity index (χ0) is 9.84. The highest BCUT2D eigenvalue weighted by atomic mass is 15.1. The largest absolute Gasteiger partial charge is 0.330 e. The van der Waals surface area contributed by atoms with Gasteiger partial charge in [0.15, 0.2) is 0 Å². The van der Waals surface area contributed by atoms with Crippen LogP contribution in [0, 0.1) is 0 Å². The van der Waals surface area contributed by atoms with Crippen molar-refractivity contribution in [1.82, 2.24) is 9.55 Å². The van der Waals surface area contributed by atoms with E-state index >= 15 is 0 Å². The maximum atomic E-state index is 5.83. The maximum absolute atomic E-state index is 5.83. The summed E-state index contributed by atoms with van der Waals surface area (Å²) in [6.45, 7) is 6.39. The molecule has 1 heterocycles. The Kier molecular flexibility index (Phi) is 3.48. The summed E-state index contributed by atoms with van der Waals surface area (Å²) >= 11 is 0. The third-order valence-electron chi connectivity index (χ3n) is 2.34. The summed E-state index contributed by atoms with van der Waals surface area (Å²) in [4.78, 5) is 4.13. The molecule has 74 valence electrons. The average molecular weight is 181 g/mol. The lowest BCUT2D eigenvalue weighted by atomic mass is 10.1. The lowest BCUT2D eigenvalue weighted by molar-refractivity contribution is 0.475. The molecule has 3 nitrogen and oxygen atoms in total. The van der Waals surface area contributed by atoms with Gasteiger partial charge in [-0.1, -0.05) is 13.3 Å². The van der Waals surface area contributed by atoms with Crippen LogP contribution in [0.4, 0.5) is 0 Å². The van der Waals surface area contributed by atoms with Gasteiger partial charge < -0.3 is 10.3 Å². The van der Waals surface area contributed by atoms with E-state index in [1.54, 1.807) is 0 Å². The number of rotatable bonds is 4. The molecule has 0 saturated carbocycles. The molecule has 0 aliphatic heterocycles. The predicted molar refractivity (Wildman–Crippen MR) is 54.4 cm³/mol. The van der Waals surface area contributed by atoms with E-state index in [9.17, 15) is 0 Å². The third kappa shape index (κ3) is 2.31. The Morgan fingerprint density at radius 3 is 2.77 bits per heavy atom. The van der Waals surface area contributed by atoms with E-state index in [0.29, 0.717) is 6.04 Å². The van der Waals surface area contributed by atoms with Crippen molar-refractivity contribution in [1.29, 1.82) is 0 Å². The normalized spacial score (nSPS) is 15.7. The van der Waals surface area contributed by atoms with E-state index in [4.69, 9.17) is 5.73 Å². The second kappa shape index (κ2) is 4.42. The van der Waals surface area contributed by atoms with E-state index in [1.807, 2.05) is 19.4 Å². The standard InChI is InChI=1S/C10H19N3/c1-4-5-8(2)13-7-12-6-10(13)9(3)11/h6-9H,4-5,11H2,1-3H3/t8?,9-/m1/s1. The first kappa shape index (κ1) is 10.3. The molecular weight excluding hydrogens is 162 g/mol. The molecule has 0 bridgehead atoms. The molecule has 0 aliphatic rings. The fourth-order valence-electron chi connectivity index (χ4n) is 1.59. The fourth-order valence-corrected chi connectivity index (χ4v) is 1.59. The summed E-state index contributed by atoms with van der Waals surface area (Å²) in [6.07, 6.45) is 6.10. The molecule has 2 N–H and O–H groups in total. The smallest absolute Gasteiger partial charge is 0.0951 e. The van der Waals surface area contributed by atoms with Crippen LogP contribution >= 0.6 is 0 Å². The SMILES string of the molecule is CCCC(C)n1cncc1[C@@H](C)N. The second-order valence-electron chi connectivity index (χ2n) is 3.65. The quantitative estimate of drug-likeness (QED) is 0.774. The summed E-state index contributed by atoms with van der Waals surface area (Å²) < 4.78 is 2.17. The van der Waals surface area contributed by atoms with Crippen molar-refractivity contribution in [3.8, 4) is 0 Å². The molecule has 1 aromatic heterocycles. The number of nitrogens with zero attached hydrogens (tertiary/aromatic N) is 2. The van der Waals surface area contributed by atoms with Crippen LogP contribution in [0.25, 0.3) is 0 Å². The van der Waals surface area contributed by atoms with Crippen molar-refractivity contribution < 1.29 is 0 Å². The molecule has 0 amide bonds. The Morgan fingerprint density at radius 2 is 2.23 bits per heavy atom. The number of hydrogen-bond donors (Lipinski definition) is 1. The molecule has 0 fully saturated rings. The average Bonchev–Trinajstić information content (AvgIpc) is 2.52. The summed E-state index contributed by atoms with van der Waals surface area (Å²) in [5.74, 6) is 0. The first-order chi connectivity index (χ1) is 6.16. The molecule has 0 spiro atoms. The molecule has 1 aromatic rings. The molecular formula is C10H19N3. The van der Waals surface area contributed by atoms with Crippen molar-refractivity contribution in [3.05, 3.63) is 18.2 Å². The predicted octanol–water partition coefficient (Wildman–Crippen LogP) is 2.26. The van der Waals surface area contributed by atoms with Gasteiger partial charge in [0, 0.05) is 18.3 Å². The highest BCUT2D eigenvalue weighted by molar-refractivity contribution is 5.04. The minimum Gasteiger partial charge on any atom is -0.330 e. The number of aromatic nitrogens is 2. The molecule has 0 radical (unpaired) electrons. The van der Waals surface area contributed by atoms with Gasteiger partial charge >= 0.3 is 0 Å². The fraction of sp³-hybridized carbons (Fsp3) is 0.700. The van der Waals surface area contributed by atoms with Crippen molar-refractivity contribution >= 4 is 0 Å². The van der Waals surface area contributed by atoms with Crippen molar-refractivity contribution in [3.63, 3.8) is 0 Å². The Bertz CT molecular complexity index is 252. The van der Waals surface area contributed by atoms with Crippen molar-refractivity contribution in [2.24, 2.45) is 5.73 Å². The van der Waals surface area contributed by atoms with Crippen LogP contribution in [0.2, 0.25) is 0 Å². The van der Waals surface area contributed by atoms with Gasteiger partial charge in [0.05, 0.1) is 12.0 Å². The van der Waals surface area contributed by atoms with Gasteiger partial charge in [-0.25, -0.2) is 4.98 Å². The Morgan fingerprint density at radius 1 is 1.54 bits per heavy atom. The van der Waals surface area contributed by atoms with E-state index in [2.05, 4.69) is 23.4 Å². The number of nitrogens with two attached hydrogens (primary N) is 1. The van der Waals surface area contributed by atoms with Crippen molar-refractivity contribution in [2.45, 2.75) is 45.7 Å². The van der Waals surface area contributed by atoms with Gasteiger partial charge in [-0.15, -0.1) is 0 Å². The van der Waals surface area contributed by atoms with Gasteiger partial charge in [-0.2, -0.15) is 0 Å². The molecule has 1 rings (SSSR count). The van der Waals surface area contributed by atoms with Crippen LogP contribution in [-0.4, -0.2) is 9.55 Å². The van der Waals surface area contributed by atoms with Crippen LogP contribution in [0.15, 0.2) is 12.5 Å². The first-order valence-electron chi connectivity index (χ1n) is 4.94. The zero-order valence-corrected chi connectivity index (χ0v) is 8.70. The van der Waals surface area contributed by atoms with Crippen molar-refractivity contribution in [2.75, 3.05) is 0 Å². The zero-order valence-electron chi connectivity index (χ0n) is 8.70. The summed E-state index contributed by atoms with van der Waals surface area (Å²) in [5.41, 5.74) is 6.96. The third-order valence-corrected chi connectivity index (χ3v) is 2.34. The van der Waals surface area contributed by atoms with Gasteiger partial charge in [0.25, 0.3) is 0 Å². The number of hydrogen-bond acceptors (Lipinski definition) is 2. The van der Waals surface area contributed by atoms with Crippen LogP contribution in [0.5, 0.6) is 0 Å². The maximum Gasteiger partial charge on any atom is 0.0951 e. The lowest BCUT2D eigenvalue weighted by Crippen LogP contribution is -2.14. The highest BCUT2D eigenvalue weighted by Crippen LogP contribution is 2.18. The Hall–Kier alpha value is -0.830. The van der Waals surface area contributed by atoms with E-state index in [-0.39, 0.29) is 6.04 Å². The minimum atomic E-state index is 0.0711. The Labute approximate surface area is 80.0 Å². The van der Waals surface area contributed by atoms with Gasteiger partial charge in [-0.05, 0) is 20.3 Å². The first-order valence-corrected chi connectivity index (χ1v) is 4.94.